The molecule has 0 atom stereocenters. The molecule has 0 spiro atoms. The van der Waals surface area contributed by atoms with Gasteiger partial charge < -0.3 is 10.1 Å². The highest BCUT2D eigenvalue weighted by atomic mass is 16.5. The molecule has 1 amide bonds. The van der Waals surface area contributed by atoms with Gasteiger partial charge in [0.05, 0.1) is 18.7 Å². The number of anilines is 1. The lowest BCUT2D eigenvalue weighted by molar-refractivity contribution is -0.140. The zero-order valence-corrected chi connectivity index (χ0v) is 12.2. The van der Waals surface area contributed by atoms with Crippen LogP contribution in [0.25, 0.3) is 0 Å². The number of carbonyl (C=O) groups is 2. The highest BCUT2D eigenvalue weighted by molar-refractivity contribution is 5.90. The van der Waals surface area contributed by atoms with E-state index in [-0.39, 0.29) is 11.9 Å². The van der Waals surface area contributed by atoms with Crippen molar-refractivity contribution < 1.29 is 14.3 Å². The monoisotopic (exact) mass is 288 g/mol. The van der Waals surface area contributed by atoms with Crippen LogP contribution in [0.2, 0.25) is 0 Å². The van der Waals surface area contributed by atoms with Crippen molar-refractivity contribution in [3.8, 4) is 6.07 Å². The maximum Gasteiger partial charge on any atom is 0.305 e. The highest BCUT2D eigenvalue weighted by Gasteiger charge is 2.03. The van der Waals surface area contributed by atoms with Crippen LogP contribution in [0, 0.1) is 11.3 Å². The van der Waals surface area contributed by atoms with Gasteiger partial charge in [0.15, 0.2) is 0 Å². The summed E-state index contributed by atoms with van der Waals surface area (Å²) < 4.78 is 4.55. The van der Waals surface area contributed by atoms with Gasteiger partial charge in [0, 0.05) is 18.5 Å². The van der Waals surface area contributed by atoms with E-state index in [1.165, 1.54) is 7.11 Å². The number of unbranched alkanes of at least 4 members (excludes halogenated alkanes) is 3. The molecule has 0 aliphatic rings. The SMILES string of the molecule is COC(=O)CCCCCCC(=O)Nc1ccc(C#N)cc1. The Balaban J connectivity index is 2.13. The molecule has 0 saturated heterocycles. The quantitative estimate of drug-likeness (QED) is 0.589. The third kappa shape index (κ3) is 7.11. The predicted molar refractivity (Wildman–Crippen MR) is 79.5 cm³/mol. The van der Waals surface area contributed by atoms with Crippen molar-refractivity contribution in [3.05, 3.63) is 29.8 Å². The van der Waals surface area contributed by atoms with Crippen LogP contribution in [0.1, 0.15) is 44.1 Å². The summed E-state index contributed by atoms with van der Waals surface area (Å²) in [5.41, 5.74) is 1.27. The van der Waals surface area contributed by atoms with Crippen LogP contribution in [0.5, 0.6) is 0 Å². The number of nitriles is 1. The first-order valence-electron chi connectivity index (χ1n) is 7.02. The number of rotatable bonds is 8. The third-order valence-electron chi connectivity index (χ3n) is 3.06. The van der Waals surface area contributed by atoms with Crippen molar-refractivity contribution in [2.75, 3.05) is 12.4 Å². The molecule has 0 heterocycles. The summed E-state index contributed by atoms with van der Waals surface area (Å²) in [4.78, 5) is 22.6. The molecule has 5 nitrogen and oxygen atoms in total. The van der Waals surface area contributed by atoms with E-state index in [9.17, 15) is 9.59 Å². The Hall–Kier alpha value is -2.35. The lowest BCUT2D eigenvalue weighted by Gasteiger charge is -2.05. The van der Waals surface area contributed by atoms with Crippen LogP contribution in [0.4, 0.5) is 5.69 Å². The Labute approximate surface area is 124 Å². The standard InChI is InChI=1S/C16H20N2O3/c1-21-16(20)7-5-3-2-4-6-15(19)18-14-10-8-13(12-17)9-11-14/h8-11H,2-7H2,1H3,(H,18,19). The van der Waals surface area contributed by atoms with Gasteiger partial charge in [-0.3, -0.25) is 9.59 Å². The number of ether oxygens (including phenoxy) is 1. The minimum atomic E-state index is -0.187. The lowest BCUT2D eigenvalue weighted by Crippen LogP contribution is -2.10. The Bertz CT molecular complexity index is 503. The second-order valence-corrected chi connectivity index (χ2v) is 4.73. The van der Waals surface area contributed by atoms with Crippen LogP contribution in [0.3, 0.4) is 0 Å². The number of esters is 1. The summed E-state index contributed by atoms with van der Waals surface area (Å²) in [6.45, 7) is 0. The van der Waals surface area contributed by atoms with Gasteiger partial charge in [-0.25, -0.2) is 0 Å². The average Bonchev–Trinajstić information content (AvgIpc) is 2.51. The number of hydrogen-bond acceptors (Lipinski definition) is 4. The van der Waals surface area contributed by atoms with Crippen molar-refractivity contribution in [1.82, 2.24) is 0 Å². The van der Waals surface area contributed by atoms with Gasteiger partial charge in [-0.1, -0.05) is 12.8 Å². The normalized spacial score (nSPS) is 9.71. The van der Waals surface area contributed by atoms with Crippen LogP contribution >= 0.6 is 0 Å². The van der Waals surface area contributed by atoms with E-state index in [1.54, 1.807) is 24.3 Å². The number of hydrogen-bond donors (Lipinski definition) is 1. The summed E-state index contributed by atoms with van der Waals surface area (Å²) in [5.74, 6) is -0.221. The van der Waals surface area contributed by atoms with E-state index in [0.717, 1.165) is 25.7 Å². The van der Waals surface area contributed by atoms with Gasteiger partial charge in [-0.2, -0.15) is 5.26 Å². The number of amides is 1. The Morgan fingerprint density at radius 1 is 1.10 bits per heavy atom. The minimum Gasteiger partial charge on any atom is -0.469 e. The van der Waals surface area contributed by atoms with Crippen molar-refractivity contribution >= 4 is 17.6 Å². The molecule has 112 valence electrons. The molecule has 1 N–H and O–H groups in total. The molecule has 0 aliphatic carbocycles. The van der Waals surface area contributed by atoms with Crippen LogP contribution in [0.15, 0.2) is 24.3 Å². The molecule has 1 aromatic rings. The van der Waals surface area contributed by atoms with Crippen LogP contribution in [-0.4, -0.2) is 19.0 Å². The molecule has 21 heavy (non-hydrogen) atoms. The van der Waals surface area contributed by atoms with Gasteiger partial charge in [0.1, 0.15) is 0 Å². The summed E-state index contributed by atoms with van der Waals surface area (Å²) in [5, 5.41) is 11.5. The fourth-order valence-electron chi connectivity index (χ4n) is 1.86. The summed E-state index contributed by atoms with van der Waals surface area (Å²) in [6, 6.07) is 8.80. The van der Waals surface area contributed by atoms with Crippen molar-refractivity contribution in [3.63, 3.8) is 0 Å². The molecule has 0 aliphatic heterocycles. The first-order valence-corrected chi connectivity index (χ1v) is 7.02. The summed E-state index contributed by atoms with van der Waals surface area (Å²) >= 11 is 0. The number of nitrogens with one attached hydrogen (secondary N) is 1. The van der Waals surface area contributed by atoms with Crippen molar-refractivity contribution in [1.29, 1.82) is 5.26 Å². The van der Waals surface area contributed by atoms with Gasteiger partial charge in [0.2, 0.25) is 5.91 Å². The van der Waals surface area contributed by atoms with E-state index >= 15 is 0 Å². The fraction of sp³-hybridized carbons (Fsp3) is 0.438. The third-order valence-corrected chi connectivity index (χ3v) is 3.06. The largest absolute Gasteiger partial charge is 0.469 e. The van der Waals surface area contributed by atoms with Crippen molar-refractivity contribution in [2.45, 2.75) is 38.5 Å². The maximum atomic E-state index is 11.7. The van der Waals surface area contributed by atoms with Crippen LogP contribution < -0.4 is 5.32 Å². The topological polar surface area (TPSA) is 79.2 Å². The number of carbonyl (C=O) groups excluding carboxylic acids is 2. The highest BCUT2D eigenvalue weighted by Crippen LogP contribution is 2.11. The van der Waals surface area contributed by atoms with E-state index < -0.39 is 0 Å². The Morgan fingerprint density at radius 2 is 1.71 bits per heavy atom. The zero-order chi connectivity index (χ0) is 15.5. The Morgan fingerprint density at radius 3 is 2.29 bits per heavy atom. The molecule has 1 rings (SSSR count). The average molecular weight is 288 g/mol. The molecule has 0 radical (unpaired) electrons. The lowest BCUT2D eigenvalue weighted by atomic mass is 10.1. The number of methoxy groups -OCH3 is 1. The van der Waals surface area contributed by atoms with Gasteiger partial charge in [0.25, 0.3) is 0 Å². The smallest absolute Gasteiger partial charge is 0.305 e. The van der Waals surface area contributed by atoms with E-state index in [0.29, 0.717) is 24.1 Å². The molecule has 0 bridgehead atoms. The molecule has 5 heteroatoms. The molecule has 1 aromatic carbocycles. The van der Waals surface area contributed by atoms with Gasteiger partial charge in [-0.05, 0) is 37.1 Å². The second-order valence-electron chi connectivity index (χ2n) is 4.73. The molecule has 0 unspecified atom stereocenters. The van der Waals surface area contributed by atoms with E-state index in [4.69, 9.17) is 5.26 Å². The van der Waals surface area contributed by atoms with Crippen LogP contribution in [-0.2, 0) is 14.3 Å². The molecule has 0 aromatic heterocycles. The van der Waals surface area contributed by atoms with E-state index in [1.807, 2.05) is 6.07 Å². The number of benzene rings is 1. The van der Waals surface area contributed by atoms with Gasteiger partial charge >= 0.3 is 5.97 Å². The molecular formula is C16H20N2O3. The summed E-state index contributed by atoms with van der Waals surface area (Å²) in [6.07, 6.45) is 4.32. The number of nitrogens with zero attached hydrogens (tertiary/aromatic N) is 1. The van der Waals surface area contributed by atoms with Crippen molar-refractivity contribution in [2.24, 2.45) is 0 Å². The first-order chi connectivity index (χ1) is 10.2. The van der Waals surface area contributed by atoms with E-state index in [2.05, 4.69) is 10.1 Å². The summed E-state index contributed by atoms with van der Waals surface area (Å²) in [7, 11) is 1.38. The minimum absolute atomic E-state index is 0.0346. The zero-order valence-electron chi connectivity index (χ0n) is 12.2. The predicted octanol–water partition coefficient (Wildman–Crippen LogP) is 3.01. The fourth-order valence-corrected chi connectivity index (χ4v) is 1.86. The first kappa shape index (κ1) is 16.7. The molecule has 0 saturated carbocycles. The molecular weight excluding hydrogens is 268 g/mol. The Kier molecular flexibility index (Phi) is 7.59. The van der Waals surface area contributed by atoms with Gasteiger partial charge in [-0.15, -0.1) is 0 Å². The molecule has 0 fully saturated rings. The second kappa shape index (κ2) is 9.54. The maximum absolute atomic E-state index is 11.7.